The molecule has 0 amide bonds. The standard InChI is InChI=1S/C12H13N3/c1-14-12(13)15-11-7-6-9-4-2-3-5-10(9)8-11/h2-8H,1H3,(H3,13,14,15). The summed E-state index contributed by atoms with van der Waals surface area (Å²) in [7, 11) is 1.66. The van der Waals surface area contributed by atoms with Crippen LogP contribution >= 0.6 is 0 Å². The lowest BCUT2D eigenvalue weighted by Crippen LogP contribution is -2.21. The van der Waals surface area contributed by atoms with E-state index in [0.29, 0.717) is 5.96 Å². The van der Waals surface area contributed by atoms with Gasteiger partial charge in [-0.25, -0.2) is 0 Å². The molecule has 76 valence electrons. The molecule has 0 bridgehead atoms. The van der Waals surface area contributed by atoms with Crippen molar-refractivity contribution in [3.05, 3.63) is 42.5 Å². The summed E-state index contributed by atoms with van der Waals surface area (Å²) in [5, 5.41) is 5.42. The molecule has 2 aromatic carbocycles. The molecule has 0 fully saturated rings. The highest BCUT2D eigenvalue weighted by Gasteiger charge is 1.96. The van der Waals surface area contributed by atoms with Crippen LogP contribution in [0.3, 0.4) is 0 Å². The minimum Gasteiger partial charge on any atom is -0.370 e. The number of rotatable bonds is 1. The van der Waals surface area contributed by atoms with Crippen molar-refractivity contribution in [2.75, 3.05) is 12.4 Å². The maximum atomic E-state index is 5.59. The SMILES string of the molecule is CN=C(N)Nc1ccc2ccccc2c1. The topological polar surface area (TPSA) is 50.4 Å². The smallest absolute Gasteiger partial charge is 0.192 e. The molecule has 0 saturated heterocycles. The van der Waals surface area contributed by atoms with Crippen LogP contribution in [-0.2, 0) is 0 Å². The minimum atomic E-state index is 0.422. The van der Waals surface area contributed by atoms with Gasteiger partial charge in [-0.15, -0.1) is 0 Å². The molecule has 3 nitrogen and oxygen atoms in total. The number of fused-ring (bicyclic) bond motifs is 1. The number of hydrogen-bond acceptors (Lipinski definition) is 1. The van der Waals surface area contributed by atoms with Gasteiger partial charge in [0.05, 0.1) is 0 Å². The summed E-state index contributed by atoms with van der Waals surface area (Å²) in [4.78, 5) is 3.85. The molecule has 0 heterocycles. The first-order valence-electron chi connectivity index (χ1n) is 4.77. The van der Waals surface area contributed by atoms with Crippen molar-refractivity contribution in [2.24, 2.45) is 10.7 Å². The van der Waals surface area contributed by atoms with E-state index in [4.69, 9.17) is 5.73 Å². The molecule has 0 radical (unpaired) electrons. The third-order valence-corrected chi connectivity index (χ3v) is 2.26. The van der Waals surface area contributed by atoms with Gasteiger partial charge in [0.2, 0.25) is 0 Å². The summed E-state index contributed by atoms with van der Waals surface area (Å²) >= 11 is 0. The normalized spacial score (nSPS) is 11.7. The summed E-state index contributed by atoms with van der Waals surface area (Å²) in [5.41, 5.74) is 6.54. The van der Waals surface area contributed by atoms with Crippen LogP contribution in [0.2, 0.25) is 0 Å². The Hall–Kier alpha value is -2.03. The van der Waals surface area contributed by atoms with Crippen molar-refractivity contribution in [1.29, 1.82) is 0 Å². The van der Waals surface area contributed by atoms with Crippen molar-refractivity contribution in [2.45, 2.75) is 0 Å². The maximum Gasteiger partial charge on any atom is 0.192 e. The molecule has 0 atom stereocenters. The summed E-state index contributed by atoms with van der Waals surface area (Å²) < 4.78 is 0. The molecular formula is C12H13N3. The van der Waals surface area contributed by atoms with Crippen molar-refractivity contribution in [3.8, 4) is 0 Å². The molecule has 3 heteroatoms. The molecule has 3 N–H and O–H groups in total. The Morgan fingerprint density at radius 2 is 1.87 bits per heavy atom. The fourth-order valence-electron chi connectivity index (χ4n) is 1.47. The number of nitrogens with zero attached hydrogens (tertiary/aromatic N) is 1. The zero-order valence-electron chi connectivity index (χ0n) is 8.57. The Balaban J connectivity index is 2.39. The van der Waals surface area contributed by atoms with Gasteiger partial charge in [-0.05, 0) is 22.9 Å². The summed E-state index contributed by atoms with van der Waals surface area (Å²) in [5.74, 6) is 0.422. The number of aliphatic imine (C=N–C) groups is 1. The van der Waals surface area contributed by atoms with E-state index in [1.165, 1.54) is 10.8 Å². The molecule has 0 unspecified atom stereocenters. The van der Waals surface area contributed by atoms with Crippen molar-refractivity contribution in [3.63, 3.8) is 0 Å². The van der Waals surface area contributed by atoms with Gasteiger partial charge >= 0.3 is 0 Å². The zero-order valence-corrected chi connectivity index (χ0v) is 8.57. The molecule has 2 rings (SSSR count). The van der Waals surface area contributed by atoms with E-state index in [-0.39, 0.29) is 0 Å². The van der Waals surface area contributed by atoms with E-state index in [1.807, 2.05) is 24.3 Å². The number of hydrogen-bond donors (Lipinski definition) is 2. The summed E-state index contributed by atoms with van der Waals surface area (Å²) in [6, 6.07) is 14.3. The van der Waals surface area contributed by atoms with Gasteiger partial charge in [-0.1, -0.05) is 30.3 Å². The maximum absolute atomic E-state index is 5.59. The Kier molecular flexibility index (Phi) is 2.54. The van der Waals surface area contributed by atoms with E-state index in [1.54, 1.807) is 7.05 Å². The molecule has 0 aliphatic heterocycles. The lowest BCUT2D eigenvalue weighted by Gasteiger charge is -2.05. The van der Waals surface area contributed by atoms with Crippen molar-refractivity contribution < 1.29 is 0 Å². The first kappa shape index (κ1) is 9.52. The van der Waals surface area contributed by atoms with E-state index >= 15 is 0 Å². The predicted molar refractivity (Wildman–Crippen MR) is 65.1 cm³/mol. The van der Waals surface area contributed by atoms with Gasteiger partial charge in [-0.2, -0.15) is 0 Å². The lowest BCUT2D eigenvalue weighted by molar-refractivity contribution is 1.38. The third-order valence-electron chi connectivity index (χ3n) is 2.26. The van der Waals surface area contributed by atoms with Crippen molar-refractivity contribution in [1.82, 2.24) is 0 Å². The highest BCUT2D eigenvalue weighted by molar-refractivity contribution is 5.95. The van der Waals surface area contributed by atoms with E-state index in [2.05, 4.69) is 28.5 Å². The van der Waals surface area contributed by atoms with Gasteiger partial charge in [0.15, 0.2) is 5.96 Å². The number of nitrogens with one attached hydrogen (secondary N) is 1. The number of anilines is 1. The van der Waals surface area contributed by atoms with Crippen LogP contribution < -0.4 is 11.1 Å². The average molecular weight is 199 g/mol. The van der Waals surface area contributed by atoms with E-state index < -0.39 is 0 Å². The quantitative estimate of drug-likeness (QED) is 0.546. The molecule has 0 saturated carbocycles. The van der Waals surface area contributed by atoms with Crippen LogP contribution in [0.5, 0.6) is 0 Å². The van der Waals surface area contributed by atoms with Gasteiger partial charge < -0.3 is 11.1 Å². The third kappa shape index (κ3) is 2.07. The first-order chi connectivity index (χ1) is 7.29. The number of nitrogens with two attached hydrogens (primary N) is 1. The zero-order chi connectivity index (χ0) is 10.7. The van der Waals surface area contributed by atoms with E-state index in [0.717, 1.165) is 5.69 Å². The molecule has 0 aliphatic rings. The van der Waals surface area contributed by atoms with Crippen LogP contribution in [0, 0.1) is 0 Å². The fourth-order valence-corrected chi connectivity index (χ4v) is 1.47. The Morgan fingerprint density at radius 3 is 2.60 bits per heavy atom. The van der Waals surface area contributed by atoms with Crippen molar-refractivity contribution >= 4 is 22.4 Å². The van der Waals surface area contributed by atoms with Gasteiger partial charge in [-0.3, -0.25) is 4.99 Å². The number of benzene rings is 2. The Bertz CT molecular complexity index is 503. The second-order valence-electron chi connectivity index (χ2n) is 3.30. The monoisotopic (exact) mass is 199 g/mol. The van der Waals surface area contributed by atoms with Crippen LogP contribution in [0.15, 0.2) is 47.5 Å². The highest BCUT2D eigenvalue weighted by Crippen LogP contribution is 2.18. The van der Waals surface area contributed by atoms with Crippen LogP contribution in [0.25, 0.3) is 10.8 Å². The van der Waals surface area contributed by atoms with Gasteiger partial charge in [0.1, 0.15) is 0 Å². The minimum absolute atomic E-state index is 0.422. The first-order valence-corrected chi connectivity index (χ1v) is 4.77. The lowest BCUT2D eigenvalue weighted by atomic mass is 10.1. The van der Waals surface area contributed by atoms with Gasteiger partial charge in [0.25, 0.3) is 0 Å². The molecule has 0 spiro atoms. The Labute approximate surface area is 88.6 Å². The second-order valence-corrected chi connectivity index (χ2v) is 3.30. The largest absolute Gasteiger partial charge is 0.370 e. The molecule has 15 heavy (non-hydrogen) atoms. The predicted octanol–water partition coefficient (Wildman–Crippen LogP) is 2.20. The van der Waals surface area contributed by atoms with Crippen LogP contribution in [0.1, 0.15) is 0 Å². The van der Waals surface area contributed by atoms with E-state index in [9.17, 15) is 0 Å². The molecule has 2 aromatic rings. The average Bonchev–Trinajstić information content (AvgIpc) is 2.29. The highest BCUT2D eigenvalue weighted by atomic mass is 15.1. The number of guanidine groups is 1. The summed E-state index contributed by atoms with van der Waals surface area (Å²) in [6.45, 7) is 0. The van der Waals surface area contributed by atoms with Gasteiger partial charge in [0, 0.05) is 12.7 Å². The summed E-state index contributed by atoms with van der Waals surface area (Å²) in [6.07, 6.45) is 0. The molecule has 0 aliphatic carbocycles. The molecular weight excluding hydrogens is 186 g/mol. The fraction of sp³-hybridized carbons (Fsp3) is 0.0833. The second kappa shape index (κ2) is 4.00. The molecule has 0 aromatic heterocycles. The van der Waals surface area contributed by atoms with Crippen LogP contribution in [-0.4, -0.2) is 13.0 Å². The Morgan fingerprint density at radius 1 is 1.13 bits per heavy atom. The van der Waals surface area contributed by atoms with Crippen LogP contribution in [0.4, 0.5) is 5.69 Å².